The van der Waals surface area contributed by atoms with Crippen molar-refractivity contribution < 1.29 is 18.7 Å². The van der Waals surface area contributed by atoms with Crippen LogP contribution >= 0.6 is 11.6 Å². The molecular formula is C23H26ClN3O4. The Morgan fingerprint density at radius 1 is 1.23 bits per heavy atom. The Hall–Kier alpha value is -2.74. The molecule has 3 heterocycles. The van der Waals surface area contributed by atoms with Crippen LogP contribution in [-0.2, 0) is 4.74 Å². The summed E-state index contributed by atoms with van der Waals surface area (Å²) in [7, 11) is 1.54. The van der Waals surface area contributed by atoms with Crippen LogP contribution in [0.5, 0.6) is 5.75 Å². The van der Waals surface area contributed by atoms with E-state index in [1.165, 1.54) is 0 Å². The Kier molecular flexibility index (Phi) is 6.65. The number of aryl methyl sites for hydroxylation is 1. The third-order valence-electron chi connectivity index (χ3n) is 5.43. The lowest BCUT2D eigenvalue weighted by Gasteiger charge is -2.33. The quantitative estimate of drug-likeness (QED) is 0.600. The number of nitrogens with one attached hydrogen (secondary N) is 1. The number of morpholine rings is 1. The van der Waals surface area contributed by atoms with Crippen molar-refractivity contribution in [3.8, 4) is 11.4 Å². The highest BCUT2D eigenvalue weighted by atomic mass is 35.5. The predicted molar refractivity (Wildman–Crippen MR) is 118 cm³/mol. The standard InChI is InChI=1S/C23H26ClN3O4/c1-16-5-6-21(31-16)20(27-9-11-30-12-10-27)15-25-23(28)17-13-18(24)19(14-22(17)29-2)26-7-3-4-8-26/h3-8,13-14,20H,9-12,15H2,1-2H3,(H,25,28). The summed E-state index contributed by atoms with van der Waals surface area (Å²) in [5, 5.41) is 3.50. The molecule has 1 aliphatic heterocycles. The van der Waals surface area contributed by atoms with E-state index >= 15 is 0 Å². The van der Waals surface area contributed by atoms with Gasteiger partial charge in [0, 0.05) is 38.1 Å². The van der Waals surface area contributed by atoms with Crippen LogP contribution in [0.25, 0.3) is 5.69 Å². The number of hydrogen-bond acceptors (Lipinski definition) is 5. The fraction of sp³-hybridized carbons (Fsp3) is 0.348. The first-order valence-corrected chi connectivity index (χ1v) is 10.6. The molecule has 0 spiro atoms. The van der Waals surface area contributed by atoms with E-state index in [4.69, 9.17) is 25.5 Å². The van der Waals surface area contributed by atoms with E-state index in [0.29, 0.717) is 36.1 Å². The second kappa shape index (κ2) is 9.60. The molecule has 0 radical (unpaired) electrons. The average Bonchev–Trinajstić information content (AvgIpc) is 3.46. The van der Waals surface area contributed by atoms with E-state index in [0.717, 1.165) is 30.3 Å². The van der Waals surface area contributed by atoms with Gasteiger partial charge in [0.05, 0.1) is 42.6 Å². The number of carbonyl (C=O) groups excluding carboxylic acids is 1. The number of aromatic nitrogens is 1. The molecule has 1 fully saturated rings. The molecule has 8 heteroatoms. The number of halogens is 1. The SMILES string of the molecule is COc1cc(-n2cccc2)c(Cl)cc1C(=O)NCC(c1ccc(C)o1)N1CCOCC1. The normalized spacial score (nSPS) is 15.6. The van der Waals surface area contributed by atoms with Gasteiger partial charge < -0.3 is 23.8 Å². The van der Waals surface area contributed by atoms with Gasteiger partial charge in [-0.1, -0.05) is 11.6 Å². The zero-order valence-corrected chi connectivity index (χ0v) is 18.4. The summed E-state index contributed by atoms with van der Waals surface area (Å²) in [4.78, 5) is 15.3. The second-order valence-electron chi connectivity index (χ2n) is 7.42. The van der Waals surface area contributed by atoms with Crippen LogP contribution in [0.15, 0.2) is 53.2 Å². The lowest BCUT2D eigenvalue weighted by atomic mass is 10.1. The first kappa shape index (κ1) is 21.5. The van der Waals surface area contributed by atoms with Crippen molar-refractivity contribution in [2.24, 2.45) is 0 Å². The zero-order valence-electron chi connectivity index (χ0n) is 17.6. The van der Waals surface area contributed by atoms with E-state index < -0.39 is 0 Å². The van der Waals surface area contributed by atoms with Gasteiger partial charge in [0.1, 0.15) is 17.3 Å². The molecule has 1 N–H and O–H groups in total. The first-order valence-electron chi connectivity index (χ1n) is 10.2. The molecule has 1 unspecified atom stereocenters. The molecule has 1 aliphatic rings. The summed E-state index contributed by atoms with van der Waals surface area (Å²) in [6, 6.07) is 11.1. The van der Waals surface area contributed by atoms with Crippen LogP contribution in [0.3, 0.4) is 0 Å². The minimum absolute atomic E-state index is 0.0813. The maximum Gasteiger partial charge on any atom is 0.255 e. The molecule has 4 rings (SSSR count). The van der Waals surface area contributed by atoms with Crippen molar-refractivity contribution in [1.29, 1.82) is 0 Å². The molecule has 0 bridgehead atoms. The largest absolute Gasteiger partial charge is 0.496 e. The van der Waals surface area contributed by atoms with E-state index in [9.17, 15) is 4.79 Å². The van der Waals surface area contributed by atoms with Gasteiger partial charge in [-0.15, -0.1) is 0 Å². The molecule has 164 valence electrons. The van der Waals surface area contributed by atoms with Crippen molar-refractivity contribution in [1.82, 2.24) is 14.8 Å². The van der Waals surface area contributed by atoms with Gasteiger partial charge in [-0.3, -0.25) is 9.69 Å². The second-order valence-corrected chi connectivity index (χ2v) is 7.82. The van der Waals surface area contributed by atoms with Gasteiger partial charge in [0.15, 0.2) is 0 Å². The summed E-state index contributed by atoms with van der Waals surface area (Å²) in [5.41, 5.74) is 1.14. The Labute approximate surface area is 186 Å². The number of methoxy groups -OCH3 is 1. The third-order valence-corrected chi connectivity index (χ3v) is 5.73. The molecule has 3 aromatic rings. The summed E-state index contributed by atoms with van der Waals surface area (Å²) in [5.74, 6) is 1.88. The van der Waals surface area contributed by atoms with Gasteiger partial charge in [0.2, 0.25) is 0 Å². The van der Waals surface area contributed by atoms with Crippen LogP contribution < -0.4 is 10.1 Å². The minimum atomic E-state index is -0.251. The Balaban J connectivity index is 1.54. The van der Waals surface area contributed by atoms with Crippen LogP contribution in [0.4, 0.5) is 0 Å². The fourth-order valence-electron chi connectivity index (χ4n) is 3.80. The van der Waals surface area contributed by atoms with Gasteiger partial charge in [0.25, 0.3) is 5.91 Å². The summed E-state index contributed by atoms with van der Waals surface area (Å²) >= 11 is 6.48. The summed E-state index contributed by atoms with van der Waals surface area (Å²) in [6.07, 6.45) is 3.78. The maximum absolute atomic E-state index is 13.1. The number of amides is 1. The molecule has 0 saturated carbocycles. The topological polar surface area (TPSA) is 68.9 Å². The van der Waals surface area contributed by atoms with Crippen molar-refractivity contribution in [3.63, 3.8) is 0 Å². The molecule has 2 aromatic heterocycles. The Bertz CT molecular complexity index is 1030. The lowest BCUT2D eigenvalue weighted by Crippen LogP contribution is -2.43. The number of nitrogens with zero attached hydrogens (tertiary/aromatic N) is 2. The van der Waals surface area contributed by atoms with Crippen LogP contribution in [-0.4, -0.2) is 55.3 Å². The summed E-state index contributed by atoms with van der Waals surface area (Å²) < 4.78 is 18.7. The lowest BCUT2D eigenvalue weighted by molar-refractivity contribution is 0.0117. The number of rotatable bonds is 7. The van der Waals surface area contributed by atoms with Crippen molar-refractivity contribution in [2.75, 3.05) is 40.0 Å². The van der Waals surface area contributed by atoms with E-state index in [1.54, 1.807) is 19.2 Å². The Morgan fingerprint density at radius 3 is 2.61 bits per heavy atom. The number of benzene rings is 1. The van der Waals surface area contributed by atoms with E-state index in [1.807, 2.05) is 48.1 Å². The summed E-state index contributed by atoms with van der Waals surface area (Å²) in [6.45, 7) is 5.19. The van der Waals surface area contributed by atoms with Crippen LogP contribution in [0, 0.1) is 6.92 Å². The van der Waals surface area contributed by atoms with Crippen LogP contribution in [0.2, 0.25) is 5.02 Å². The highest BCUT2D eigenvalue weighted by molar-refractivity contribution is 6.33. The smallest absolute Gasteiger partial charge is 0.255 e. The van der Waals surface area contributed by atoms with Crippen molar-refractivity contribution >= 4 is 17.5 Å². The molecule has 1 atom stereocenters. The highest BCUT2D eigenvalue weighted by Gasteiger charge is 2.26. The maximum atomic E-state index is 13.1. The number of hydrogen-bond donors (Lipinski definition) is 1. The molecule has 1 aromatic carbocycles. The molecule has 1 amide bonds. The van der Waals surface area contributed by atoms with E-state index in [2.05, 4.69) is 10.2 Å². The van der Waals surface area contributed by atoms with E-state index in [-0.39, 0.29) is 11.9 Å². The highest BCUT2D eigenvalue weighted by Crippen LogP contribution is 2.30. The monoisotopic (exact) mass is 443 g/mol. The van der Waals surface area contributed by atoms with Crippen LogP contribution in [0.1, 0.15) is 27.9 Å². The van der Waals surface area contributed by atoms with Gasteiger partial charge in [-0.05, 0) is 37.3 Å². The van der Waals surface area contributed by atoms with Crippen molar-refractivity contribution in [2.45, 2.75) is 13.0 Å². The fourth-order valence-corrected chi connectivity index (χ4v) is 4.06. The number of ether oxygens (including phenoxy) is 2. The third kappa shape index (κ3) is 4.79. The minimum Gasteiger partial charge on any atom is -0.496 e. The molecule has 0 aliphatic carbocycles. The molecule has 1 saturated heterocycles. The first-order chi connectivity index (χ1) is 15.1. The predicted octanol–water partition coefficient (Wildman–Crippen LogP) is 3.84. The van der Waals surface area contributed by atoms with Gasteiger partial charge in [-0.25, -0.2) is 0 Å². The zero-order chi connectivity index (χ0) is 21.8. The van der Waals surface area contributed by atoms with Gasteiger partial charge >= 0.3 is 0 Å². The molecular weight excluding hydrogens is 418 g/mol. The number of carbonyl (C=O) groups is 1. The molecule has 31 heavy (non-hydrogen) atoms. The van der Waals surface area contributed by atoms with Gasteiger partial charge in [-0.2, -0.15) is 0 Å². The Morgan fingerprint density at radius 2 is 1.97 bits per heavy atom. The number of furan rings is 1. The van der Waals surface area contributed by atoms with Crippen molar-refractivity contribution in [3.05, 3.63) is 70.9 Å². The average molecular weight is 444 g/mol. The molecule has 7 nitrogen and oxygen atoms in total.